The van der Waals surface area contributed by atoms with Crippen LogP contribution in [0.5, 0.6) is 0 Å². The van der Waals surface area contributed by atoms with Crippen molar-refractivity contribution in [2.45, 2.75) is 38.8 Å². The molecule has 4 heteroatoms. The van der Waals surface area contributed by atoms with Crippen molar-refractivity contribution in [3.63, 3.8) is 0 Å². The molecule has 0 heterocycles. The normalized spacial score (nSPS) is 13.8. The van der Waals surface area contributed by atoms with Gasteiger partial charge in [0.15, 0.2) is 0 Å². The van der Waals surface area contributed by atoms with Crippen LogP contribution in [0.3, 0.4) is 0 Å². The molecular formula is C16H26N2O2. The third kappa shape index (κ3) is 7.26. The van der Waals surface area contributed by atoms with Crippen LogP contribution in [0, 0.1) is 0 Å². The number of carbonyl (C=O) groups is 1. The number of ether oxygens (including phenoxy) is 1. The summed E-state index contributed by atoms with van der Waals surface area (Å²) in [5.74, 6) is 0.0357. The van der Waals surface area contributed by atoms with Gasteiger partial charge in [-0.2, -0.15) is 0 Å². The molecular weight excluding hydrogens is 252 g/mol. The van der Waals surface area contributed by atoms with Gasteiger partial charge < -0.3 is 15.4 Å². The summed E-state index contributed by atoms with van der Waals surface area (Å²) in [6.07, 6.45) is 1.93. The van der Waals surface area contributed by atoms with Crippen molar-refractivity contribution in [3.8, 4) is 0 Å². The second-order valence-corrected chi connectivity index (χ2v) is 5.23. The lowest BCUT2D eigenvalue weighted by molar-refractivity contribution is -0.121. The molecule has 1 rings (SSSR count). The fourth-order valence-corrected chi connectivity index (χ4v) is 2.00. The first-order chi connectivity index (χ1) is 9.61. The summed E-state index contributed by atoms with van der Waals surface area (Å²) in [7, 11) is 1.66. The standard InChI is InChI=1S/C16H26N2O2/c1-13(9-10-15-7-5-4-6-8-15)18-16(19)11-17-14(2)12-20-3/h4-8,13-14,17H,9-12H2,1-3H3,(H,18,19)/t13-,14+/m0/s1. The molecule has 1 aromatic carbocycles. The summed E-state index contributed by atoms with van der Waals surface area (Å²) in [6, 6.07) is 10.7. The molecule has 4 nitrogen and oxygen atoms in total. The van der Waals surface area contributed by atoms with Gasteiger partial charge >= 0.3 is 0 Å². The van der Waals surface area contributed by atoms with E-state index in [0.29, 0.717) is 13.2 Å². The molecule has 2 N–H and O–H groups in total. The highest BCUT2D eigenvalue weighted by Crippen LogP contribution is 2.04. The zero-order valence-electron chi connectivity index (χ0n) is 12.7. The van der Waals surface area contributed by atoms with Crippen LogP contribution < -0.4 is 10.6 Å². The van der Waals surface area contributed by atoms with Gasteiger partial charge in [0.05, 0.1) is 13.2 Å². The molecule has 0 aliphatic carbocycles. The Labute approximate surface area is 121 Å². The molecule has 112 valence electrons. The predicted octanol–water partition coefficient (Wildman–Crippen LogP) is 1.75. The van der Waals surface area contributed by atoms with E-state index in [9.17, 15) is 4.79 Å². The van der Waals surface area contributed by atoms with Gasteiger partial charge in [-0.1, -0.05) is 30.3 Å². The minimum Gasteiger partial charge on any atom is -0.383 e. The third-order valence-electron chi connectivity index (χ3n) is 3.14. The molecule has 1 amide bonds. The van der Waals surface area contributed by atoms with E-state index < -0.39 is 0 Å². The number of carbonyl (C=O) groups excluding carboxylic acids is 1. The Morgan fingerprint density at radius 2 is 1.90 bits per heavy atom. The average Bonchev–Trinajstić information content (AvgIpc) is 2.44. The summed E-state index contributed by atoms with van der Waals surface area (Å²) in [5, 5.41) is 6.13. The molecule has 0 saturated carbocycles. The van der Waals surface area contributed by atoms with Crippen LogP contribution in [-0.4, -0.2) is 38.3 Å². The fourth-order valence-electron chi connectivity index (χ4n) is 2.00. The SMILES string of the molecule is COC[C@@H](C)NCC(=O)N[C@@H](C)CCc1ccccc1. The van der Waals surface area contributed by atoms with Crippen molar-refractivity contribution in [1.82, 2.24) is 10.6 Å². The lowest BCUT2D eigenvalue weighted by Gasteiger charge is -2.16. The predicted molar refractivity (Wildman–Crippen MR) is 81.7 cm³/mol. The van der Waals surface area contributed by atoms with E-state index in [1.54, 1.807) is 7.11 Å². The lowest BCUT2D eigenvalue weighted by Crippen LogP contribution is -2.42. The number of hydrogen-bond donors (Lipinski definition) is 2. The Morgan fingerprint density at radius 3 is 2.55 bits per heavy atom. The first kappa shape index (κ1) is 16.7. The molecule has 0 aliphatic heterocycles. The Bertz CT molecular complexity index is 381. The van der Waals surface area contributed by atoms with E-state index in [0.717, 1.165) is 12.8 Å². The molecule has 0 aromatic heterocycles. The van der Waals surface area contributed by atoms with Crippen molar-refractivity contribution >= 4 is 5.91 Å². The largest absolute Gasteiger partial charge is 0.383 e. The molecule has 0 spiro atoms. The number of nitrogens with one attached hydrogen (secondary N) is 2. The topological polar surface area (TPSA) is 50.4 Å². The second-order valence-electron chi connectivity index (χ2n) is 5.23. The van der Waals surface area contributed by atoms with Gasteiger partial charge in [0.25, 0.3) is 0 Å². The highest BCUT2D eigenvalue weighted by molar-refractivity contribution is 5.78. The van der Waals surface area contributed by atoms with Crippen LogP contribution in [0.25, 0.3) is 0 Å². The van der Waals surface area contributed by atoms with E-state index in [2.05, 4.69) is 22.8 Å². The van der Waals surface area contributed by atoms with E-state index >= 15 is 0 Å². The van der Waals surface area contributed by atoms with E-state index in [1.165, 1.54) is 5.56 Å². The van der Waals surface area contributed by atoms with Gasteiger partial charge in [0.2, 0.25) is 5.91 Å². The van der Waals surface area contributed by atoms with Gasteiger partial charge in [-0.3, -0.25) is 4.79 Å². The lowest BCUT2D eigenvalue weighted by atomic mass is 10.1. The minimum atomic E-state index is 0.0357. The highest BCUT2D eigenvalue weighted by atomic mass is 16.5. The molecule has 0 unspecified atom stereocenters. The Balaban J connectivity index is 2.18. The van der Waals surface area contributed by atoms with Gasteiger partial charge in [-0.05, 0) is 32.3 Å². The summed E-state index contributed by atoms with van der Waals surface area (Å²) in [6.45, 7) is 4.98. The number of aryl methyl sites for hydroxylation is 1. The molecule has 0 bridgehead atoms. The van der Waals surface area contributed by atoms with Crippen molar-refractivity contribution < 1.29 is 9.53 Å². The summed E-state index contributed by atoms with van der Waals surface area (Å²) < 4.78 is 5.01. The molecule has 1 aromatic rings. The maximum absolute atomic E-state index is 11.8. The van der Waals surface area contributed by atoms with Crippen molar-refractivity contribution in [2.24, 2.45) is 0 Å². The quantitative estimate of drug-likeness (QED) is 0.723. The van der Waals surface area contributed by atoms with Crippen molar-refractivity contribution in [3.05, 3.63) is 35.9 Å². The second kappa shape index (κ2) is 9.50. The summed E-state index contributed by atoms with van der Waals surface area (Å²) in [5.41, 5.74) is 1.31. The van der Waals surface area contributed by atoms with Crippen LogP contribution in [0.15, 0.2) is 30.3 Å². The molecule has 0 saturated heterocycles. The number of methoxy groups -OCH3 is 1. The zero-order valence-corrected chi connectivity index (χ0v) is 12.7. The van der Waals surface area contributed by atoms with Gasteiger partial charge in [0, 0.05) is 19.2 Å². The van der Waals surface area contributed by atoms with Crippen LogP contribution >= 0.6 is 0 Å². The first-order valence-corrected chi connectivity index (χ1v) is 7.17. The Morgan fingerprint density at radius 1 is 1.20 bits per heavy atom. The number of benzene rings is 1. The third-order valence-corrected chi connectivity index (χ3v) is 3.14. The fraction of sp³-hybridized carbons (Fsp3) is 0.562. The molecule has 0 fully saturated rings. The van der Waals surface area contributed by atoms with Crippen molar-refractivity contribution in [2.75, 3.05) is 20.3 Å². The van der Waals surface area contributed by atoms with E-state index in [1.807, 2.05) is 32.0 Å². The molecule has 2 atom stereocenters. The maximum Gasteiger partial charge on any atom is 0.234 e. The maximum atomic E-state index is 11.8. The molecule has 20 heavy (non-hydrogen) atoms. The highest BCUT2D eigenvalue weighted by Gasteiger charge is 2.09. The van der Waals surface area contributed by atoms with Crippen LogP contribution in [0.1, 0.15) is 25.8 Å². The van der Waals surface area contributed by atoms with Crippen LogP contribution in [-0.2, 0) is 16.0 Å². The molecule has 0 aliphatic rings. The Hall–Kier alpha value is -1.39. The van der Waals surface area contributed by atoms with Crippen LogP contribution in [0.4, 0.5) is 0 Å². The van der Waals surface area contributed by atoms with Crippen LogP contribution in [0.2, 0.25) is 0 Å². The molecule has 0 radical (unpaired) electrons. The van der Waals surface area contributed by atoms with E-state index in [-0.39, 0.29) is 18.0 Å². The monoisotopic (exact) mass is 278 g/mol. The number of rotatable bonds is 9. The Kier molecular flexibility index (Phi) is 7.92. The van der Waals surface area contributed by atoms with E-state index in [4.69, 9.17) is 4.74 Å². The zero-order chi connectivity index (χ0) is 14.8. The summed E-state index contributed by atoms with van der Waals surface area (Å²) in [4.78, 5) is 11.8. The summed E-state index contributed by atoms with van der Waals surface area (Å²) >= 11 is 0. The van der Waals surface area contributed by atoms with Gasteiger partial charge in [-0.15, -0.1) is 0 Å². The average molecular weight is 278 g/mol. The smallest absolute Gasteiger partial charge is 0.234 e. The first-order valence-electron chi connectivity index (χ1n) is 7.17. The number of hydrogen-bond acceptors (Lipinski definition) is 3. The van der Waals surface area contributed by atoms with Crippen molar-refractivity contribution in [1.29, 1.82) is 0 Å². The van der Waals surface area contributed by atoms with Gasteiger partial charge in [0.1, 0.15) is 0 Å². The minimum absolute atomic E-state index is 0.0357. The number of amides is 1. The van der Waals surface area contributed by atoms with Gasteiger partial charge in [-0.25, -0.2) is 0 Å².